The monoisotopic (exact) mass is 506 g/mol. The Morgan fingerprint density at radius 3 is 2.25 bits per heavy atom. The van der Waals surface area contributed by atoms with E-state index in [1.165, 1.54) is 24.3 Å². The molecule has 0 radical (unpaired) electrons. The second-order valence-corrected chi connectivity index (χ2v) is 9.64. The number of hydrogen-bond donors (Lipinski definition) is 0. The van der Waals surface area contributed by atoms with E-state index >= 15 is 0 Å². The van der Waals surface area contributed by atoms with Crippen molar-refractivity contribution in [2.24, 2.45) is 11.8 Å². The van der Waals surface area contributed by atoms with Gasteiger partial charge in [-0.15, -0.1) is 0 Å². The fraction of sp³-hybridized carbons (Fsp3) is 0.517. The normalized spacial score (nSPS) is 24.8. The zero-order valence-corrected chi connectivity index (χ0v) is 20.9. The van der Waals surface area contributed by atoms with Crippen molar-refractivity contribution < 1.29 is 31.8 Å². The number of rotatable bonds is 8. The van der Waals surface area contributed by atoms with Crippen LogP contribution in [0.1, 0.15) is 51.5 Å². The molecule has 2 aliphatic rings. The Bertz CT molecular complexity index is 1050. The molecule has 0 aliphatic carbocycles. The lowest BCUT2D eigenvalue weighted by molar-refractivity contribution is -0.0991. The van der Waals surface area contributed by atoms with Crippen LogP contribution in [-0.2, 0) is 15.9 Å². The van der Waals surface area contributed by atoms with Gasteiger partial charge in [-0.25, -0.2) is 13.2 Å². The van der Waals surface area contributed by atoms with Gasteiger partial charge in [0, 0.05) is 23.0 Å². The smallest absolute Gasteiger partial charge is 0.201 e. The number of hydrogen-bond acceptors (Lipinski definition) is 3. The van der Waals surface area contributed by atoms with Crippen LogP contribution in [-0.4, -0.2) is 32.0 Å². The minimum absolute atomic E-state index is 0.0274. The molecule has 3 nitrogen and oxygen atoms in total. The Balaban J connectivity index is 1.33. The average molecular weight is 507 g/mol. The van der Waals surface area contributed by atoms with E-state index in [4.69, 9.17) is 14.2 Å². The molecular weight excluding hydrogens is 472 g/mol. The van der Waals surface area contributed by atoms with E-state index in [1.54, 1.807) is 6.92 Å². The maximum Gasteiger partial charge on any atom is 0.201 e. The summed E-state index contributed by atoms with van der Waals surface area (Å²) in [5.41, 5.74) is -0.474. The maximum absolute atomic E-state index is 14.9. The summed E-state index contributed by atoms with van der Waals surface area (Å²) in [5, 5.41) is 0. The van der Waals surface area contributed by atoms with E-state index in [-0.39, 0.29) is 41.3 Å². The highest BCUT2D eigenvalue weighted by Crippen LogP contribution is 2.35. The predicted molar refractivity (Wildman–Crippen MR) is 131 cm³/mol. The van der Waals surface area contributed by atoms with E-state index in [0.717, 1.165) is 32.3 Å². The van der Waals surface area contributed by atoms with Gasteiger partial charge in [0.05, 0.1) is 32.0 Å². The molecule has 0 N–H and O–H groups in total. The van der Waals surface area contributed by atoms with Crippen molar-refractivity contribution in [3.63, 3.8) is 0 Å². The molecule has 0 aromatic heterocycles. The highest BCUT2D eigenvalue weighted by molar-refractivity contribution is 5.66. The van der Waals surface area contributed by atoms with Crippen LogP contribution in [0.25, 0.3) is 11.1 Å². The number of allylic oxidation sites excluding steroid dienone is 1. The second kappa shape index (κ2) is 12.2. The highest BCUT2D eigenvalue weighted by Gasteiger charge is 2.32. The summed E-state index contributed by atoms with van der Waals surface area (Å²) < 4.78 is 75.6. The molecule has 2 aliphatic heterocycles. The highest BCUT2D eigenvalue weighted by atomic mass is 19.2. The summed E-state index contributed by atoms with van der Waals surface area (Å²) in [6.45, 7) is 5.19. The molecule has 0 saturated carbocycles. The van der Waals surface area contributed by atoms with Crippen LogP contribution >= 0.6 is 0 Å². The summed E-state index contributed by atoms with van der Waals surface area (Å²) in [4.78, 5) is 0. The lowest BCUT2D eigenvalue weighted by atomic mass is 9.86. The number of aryl methyl sites for hydroxylation is 1. The van der Waals surface area contributed by atoms with Crippen LogP contribution in [0.2, 0.25) is 0 Å². The molecule has 2 heterocycles. The van der Waals surface area contributed by atoms with Crippen molar-refractivity contribution in [1.29, 1.82) is 0 Å². The van der Waals surface area contributed by atoms with Gasteiger partial charge >= 0.3 is 0 Å². The van der Waals surface area contributed by atoms with Crippen molar-refractivity contribution in [3.05, 3.63) is 65.2 Å². The fourth-order valence-electron chi connectivity index (χ4n) is 5.25. The van der Waals surface area contributed by atoms with Gasteiger partial charge in [0.2, 0.25) is 5.82 Å². The van der Waals surface area contributed by atoms with Crippen LogP contribution in [0.3, 0.4) is 0 Å². The molecule has 0 amide bonds. The largest absolute Gasteiger partial charge is 0.491 e. The molecule has 36 heavy (non-hydrogen) atoms. The fourth-order valence-corrected chi connectivity index (χ4v) is 5.25. The van der Waals surface area contributed by atoms with Crippen molar-refractivity contribution in [2.75, 3.05) is 19.8 Å². The first-order valence-electron chi connectivity index (χ1n) is 12.9. The number of halogens is 4. The maximum atomic E-state index is 14.9. The molecule has 2 saturated heterocycles. The number of benzene rings is 2. The third-order valence-corrected chi connectivity index (χ3v) is 7.28. The van der Waals surface area contributed by atoms with E-state index in [9.17, 15) is 17.6 Å². The Morgan fingerprint density at radius 2 is 1.61 bits per heavy atom. The summed E-state index contributed by atoms with van der Waals surface area (Å²) in [6.07, 6.45) is 9.32. The molecule has 0 spiro atoms. The average Bonchev–Trinajstić information content (AvgIpc) is 2.89. The Hall–Kier alpha value is -2.38. The van der Waals surface area contributed by atoms with Crippen molar-refractivity contribution in [1.82, 2.24) is 0 Å². The molecule has 2 aromatic rings. The predicted octanol–water partition coefficient (Wildman–Crippen LogP) is 7.41. The lowest BCUT2D eigenvalue weighted by Gasteiger charge is -2.37. The van der Waals surface area contributed by atoms with Gasteiger partial charge in [-0.1, -0.05) is 24.3 Å². The molecule has 4 rings (SSSR count). The van der Waals surface area contributed by atoms with Gasteiger partial charge < -0.3 is 14.2 Å². The van der Waals surface area contributed by atoms with E-state index < -0.39 is 23.3 Å². The van der Waals surface area contributed by atoms with E-state index in [1.807, 2.05) is 6.92 Å². The molecule has 196 valence electrons. The first kappa shape index (κ1) is 26.7. The van der Waals surface area contributed by atoms with Gasteiger partial charge in [0.15, 0.2) is 23.2 Å². The van der Waals surface area contributed by atoms with Crippen LogP contribution in [0.5, 0.6) is 5.75 Å². The third kappa shape index (κ3) is 5.94. The zero-order chi connectivity index (χ0) is 25.7. The minimum Gasteiger partial charge on any atom is -0.491 e. The molecule has 2 fully saturated rings. The van der Waals surface area contributed by atoms with E-state index in [0.29, 0.717) is 31.3 Å². The van der Waals surface area contributed by atoms with Crippen molar-refractivity contribution in [3.8, 4) is 16.9 Å². The second-order valence-electron chi connectivity index (χ2n) is 9.64. The molecule has 7 heteroatoms. The van der Waals surface area contributed by atoms with Crippen molar-refractivity contribution >= 4 is 0 Å². The van der Waals surface area contributed by atoms with Gasteiger partial charge in [-0.05, 0) is 70.1 Å². The molecular formula is C29H34F4O3. The first-order chi connectivity index (χ1) is 17.4. The van der Waals surface area contributed by atoms with Crippen molar-refractivity contribution in [2.45, 2.75) is 64.6 Å². The molecule has 4 unspecified atom stereocenters. The minimum atomic E-state index is -1.27. The van der Waals surface area contributed by atoms with Gasteiger partial charge in [0.25, 0.3) is 0 Å². The standard InChI is InChI=1S/C29H34F4O3/c1-3-5-18-6-14-24(36-16-18)20-8-11-21(35-17-20)10-7-19-9-12-22(27(31)26(19)30)23-13-15-25(34-4-2)29(33)28(23)32/h3,5,9,12-13,15,18,20-21,24H,4,6-8,10-11,14,16-17H2,1-2H3. The summed E-state index contributed by atoms with van der Waals surface area (Å²) >= 11 is 0. The Morgan fingerprint density at radius 1 is 0.861 bits per heavy atom. The Labute approximate surface area is 210 Å². The SMILES string of the molecule is CC=CC1CCC(C2CCC(CCc3ccc(-c4ccc(OCC)c(F)c4F)c(F)c3F)OC2)OC1. The van der Waals surface area contributed by atoms with Crippen LogP contribution in [0, 0.1) is 35.1 Å². The van der Waals surface area contributed by atoms with Crippen LogP contribution in [0.4, 0.5) is 17.6 Å². The quantitative estimate of drug-likeness (QED) is 0.276. The summed E-state index contributed by atoms with van der Waals surface area (Å²) in [5.74, 6) is -4.12. The van der Waals surface area contributed by atoms with Gasteiger partial charge in [-0.3, -0.25) is 0 Å². The molecule has 4 atom stereocenters. The topological polar surface area (TPSA) is 27.7 Å². The van der Waals surface area contributed by atoms with E-state index in [2.05, 4.69) is 12.2 Å². The summed E-state index contributed by atoms with van der Waals surface area (Å²) in [7, 11) is 0. The Kier molecular flexibility index (Phi) is 9.07. The van der Waals surface area contributed by atoms with Crippen LogP contribution in [0.15, 0.2) is 36.4 Å². The number of ether oxygens (including phenoxy) is 3. The first-order valence-corrected chi connectivity index (χ1v) is 12.9. The van der Waals surface area contributed by atoms with Gasteiger partial charge in [0.1, 0.15) is 0 Å². The third-order valence-electron chi connectivity index (χ3n) is 7.28. The molecule has 2 aromatic carbocycles. The van der Waals surface area contributed by atoms with Crippen LogP contribution < -0.4 is 4.74 Å². The zero-order valence-electron chi connectivity index (χ0n) is 20.9. The lowest BCUT2D eigenvalue weighted by Crippen LogP contribution is -2.38. The van der Waals surface area contributed by atoms with Gasteiger partial charge in [-0.2, -0.15) is 4.39 Å². The molecule has 0 bridgehead atoms. The summed E-state index contributed by atoms with van der Waals surface area (Å²) in [6, 6.07) is 5.15.